The number of carboxylic acids is 1. The Morgan fingerprint density at radius 1 is 1.30 bits per heavy atom. The highest BCUT2D eigenvalue weighted by molar-refractivity contribution is 7.11. The second kappa shape index (κ2) is 8.37. The maximum absolute atomic E-state index is 12.4. The number of aromatic amines is 1. The normalized spacial score (nSPS) is 25.6. The number of aliphatic hydroxyl groups is 2. The minimum absolute atomic E-state index is 0.0881. The molecule has 2 aromatic rings. The quantitative estimate of drug-likeness (QED) is 0.243. The lowest BCUT2D eigenvalue weighted by molar-refractivity contribution is -0.149. The van der Waals surface area contributed by atoms with Gasteiger partial charge in [0.15, 0.2) is 17.3 Å². The number of aromatic hydroxyl groups is 1. The molecule has 1 fully saturated rings. The van der Waals surface area contributed by atoms with E-state index in [1.54, 1.807) is 0 Å². The molecule has 2 aromatic heterocycles. The van der Waals surface area contributed by atoms with E-state index in [1.165, 1.54) is 11.4 Å². The summed E-state index contributed by atoms with van der Waals surface area (Å²) in [5.74, 6) is -2.52. The number of carboxylic acid groups (broad SMARTS) is 1. The minimum atomic E-state index is -1.83. The van der Waals surface area contributed by atoms with Gasteiger partial charge < -0.3 is 36.2 Å². The zero-order valence-electron chi connectivity index (χ0n) is 15.0. The number of carbonyl (C=O) groups excluding carboxylic acids is 1. The predicted molar refractivity (Wildman–Crippen MR) is 99.7 cm³/mol. The van der Waals surface area contributed by atoms with Crippen molar-refractivity contribution in [2.75, 3.05) is 0 Å². The highest BCUT2D eigenvalue weighted by Gasteiger charge is 2.50. The maximum atomic E-state index is 12.4. The minimum Gasteiger partial charge on any atom is -0.499 e. The second-order valence-electron chi connectivity index (χ2n) is 6.51. The van der Waals surface area contributed by atoms with E-state index in [9.17, 15) is 39.6 Å². The molecule has 14 heteroatoms. The monoisotopic (exact) mass is 442 g/mol. The molecule has 0 unspecified atom stereocenters. The SMILES string of the molecule is N[C@H](C(=O)N[C@H](C(=O)O)[C@H]1O[C@@H](n2ccc(=O)[nH]c2=O)[C@H](O)[C@@H]1O)c1csc(O)c1. The molecular weight excluding hydrogens is 424 g/mol. The first kappa shape index (κ1) is 21.7. The van der Waals surface area contributed by atoms with Crippen molar-refractivity contribution in [3.8, 4) is 5.06 Å². The zero-order valence-corrected chi connectivity index (χ0v) is 15.9. The lowest BCUT2D eigenvalue weighted by atomic mass is 10.0. The molecule has 3 heterocycles. The van der Waals surface area contributed by atoms with Crippen LogP contribution in [0.1, 0.15) is 17.8 Å². The van der Waals surface area contributed by atoms with Crippen molar-refractivity contribution in [1.29, 1.82) is 0 Å². The molecule has 3 rings (SSSR count). The number of aliphatic hydroxyl groups excluding tert-OH is 2. The number of nitrogens with two attached hydrogens (primary N) is 1. The number of aromatic nitrogens is 2. The highest BCUT2D eigenvalue weighted by atomic mass is 32.1. The van der Waals surface area contributed by atoms with Crippen LogP contribution < -0.4 is 22.3 Å². The maximum Gasteiger partial charge on any atom is 0.330 e. The standard InChI is InChI=1S/C16H18N4O9S/c17-8(5-3-7(22)30-4-5)13(25)19-9(15(26)27)12-10(23)11(24)14(29-12)20-2-1-6(21)18-16(20)28/h1-4,8-12,14,22-24H,17H2,(H,19,25)(H,26,27)(H,18,21,28)/t8-,9-,10-,11+,12+,14+/m0/s1. The molecule has 1 aliphatic rings. The molecule has 30 heavy (non-hydrogen) atoms. The smallest absolute Gasteiger partial charge is 0.330 e. The van der Waals surface area contributed by atoms with Gasteiger partial charge in [0.2, 0.25) is 5.91 Å². The zero-order chi connectivity index (χ0) is 22.2. The number of rotatable bonds is 6. The van der Waals surface area contributed by atoms with Crippen LogP contribution in [0.25, 0.3) is 0 Å². The molecule has 0 spiro atoms. The lowest BCUT2D eigenvalue weighted by Crippen LogP contribution is -2.54. The van der Waals surface area contributed by atoms with Gasteiger partial charge in [0.05, 0.1) is 0 Å². The van der Waals surface area contributed by atoms with Crippen LogP contribution in [0.4, 0.5) is 0 Å². The summed E-state index contributed by atoms with van der Waals surface area (Å²) in [7, 11) is 0. The van der Waals surface area contributed by atoms with E-state index >= 15 is 0 Å². The first-order chi connectivity index (χ1) is 14.1. The molecule has 13 nitrogen and oxygen atoms in total. The summed E-state index contributed by atoms with van der Waals surface area (Å²) in [6, 6.07) is -0.925. The van der Waals surface area contributed by atoms with E-state index in [4.69, 9.17) is 10.5 Å². The molecule has 8 N–H and O–H groups in total. The number of nitrogens with zero attached hydrogens (tertiary/aromatic N) is 1. The third kappa shape index (κ3) is 4.12. The van der Waals surface area contributed by atoms with Crippen molar-refractivity contribution >= 4 is 23.2 Å². The van der Waals surface area contributed by atoms with E-state index in [0.29, 0.717) is 0 Å². The van der Waals surface area contributed by atoms with Gasteiger partial charge >= 0.3 is 11.7 Å². The van der Waals surface area contributed by atoms with Gasteiger partial charge in [-0.15, -0.1) is 11.3 Å². The molecule has 1 amide bonds. The van der Waals surface area contributed by atoms with Crippen molar-refractivity contribution in [1.82, 2.24) is 14.9 Å². The third-order valence-electron chi connectivity index (χ3n) is 4.54. The van der Waals surface area contributed by atoms with Crippen molar-refractivity contribution in [3.05, 3.63) is 50.1 Å². The number of H-pyrrole nitrogens is 1. The summed E-state index contributed by atoms with van der Waals surface area (Å²) < 4.78 is 6.15. The van der Waals surface area contributed by atoms with Crippen LogP contribution in [-0.4, -0.2) is 66.2 Å². The largest absolute Gasteiger partial charge is 0.499 e. The third-order valence-corrected chi connectivity index (χ3v) is 5.29. The van der Waals surface area contributed by atoms with E-state index in [0.717, 1.165) is 28.2 Å². The molecule has 0 aliphatic carbocycles. The number of aliphatic carboxylic acids is 1. The van der Waals surface area contributed by atoms with E-state index < -0.39 is 59.7 Å². The predicted octanol–water partition coefficient (Wildman–Crippen LogP) is -2.81. The van der Waals surface area contributed by atoms with Gasteiger partial charge in [0, 0.05) is 12.3 Å². The average molecular weight is 442 g/mol. The number of hydrogen-bond acceptors (Lipinski definition) is 10. The van der Waals surface area contributed by atoms with Crippen LogP contribution in [-0.2, 0) is 14.3 Å². The van der Waals surface area contributed by atoms with Gasteiger partial charge in [-0.1, -0.05) is 0 Å². The van der Waals surface area contributed by atoms with Gasteiger partial charge in [-0.05, 0) is 17.0 Å². The Morgan fingerprint density at radius 3 is 2.57 bits per heavy atom. The van der Waals surface area contributed by atoms with Gasteiger partial charge in [0.1, 0.15) is 24.4 Å². The Morgan fingerprint density at radius 2 is 2.00 bits per heavy atom. The van der Waals surface area contributed by atoms with Crippen molar-refractivity contribution in [2.45, 2.75) is 36.6 Å². The average Bonchev–Trinajstić information content (AvgIpc) is 3.23. The van der Waals surface area contributed by atoms with Gasteiger partial charge in [0.25, 0.3) is 5.56 Å². The number of nitrogens with one attached hydrogen (secondary N) is 2. The Labute approximate surface area is 171 Å². The number of carbonyl (C=O) groups is 2. The van der Waals surface area contributed by atoms with Crippen molar-refractivity contribution in [3.63, 3.8) is 0 Å². The highest BCUT2D eigenvalue weighted by Crippen LogP contribution is 2.31. The first-order valence-corrected chi connectivity index (χ1v) is 9.37. The van der Waals surface area contributed by atoms with Crippen LogP contribution in [0.3, 0.4) is 0 Å². The van der Waals surface area contributed by atoms with Crippen LogP contribution >= 0.6 is 11.3 Å². The van der Waals surface area contributed by atoms with Crippen LogP contribution in [0.2, 0.25) is 0 Å². The Kier molecular flexibility index (Phi) is 6.04. The topological polar surface area (TPSA) is 217 Å². The van der Waals surface area contributed by atoms with Crippen LogP contribution in [0.5, 0.6) is 5.06 Å². The van der Waals surface area contributed by atoms with Crippen LogP contribution in [0, 0.1) is 0 Å². The van der Waals surface area contributed by atoms with Gasteiger partial charge in [-0.3, -0.25) is 19.1 Å². The van der Waals surface area contributed by atoms with E-state index in [2.05, 4.69) is 5.32 Å². The fraction of sp³-hybridized carbons (Fsp3) is 0.375. The van der Waals surface area contributed by atoms with Crippen molar-refractivity contribution in [2.24, 2.45) is 5.73 Å². The number of amides is 1. The van der Waals surface area contributed by atoms with E-state index in [-0.39, 0.29) is 10.6 Å². The summed E-state index contributed by atoms with van der Waals surface area (Å²) >= 11 is 0.925. The molecule has 1 aliphatic heterocycles. The van der Waals surface area contributed by atoms with Gasteiger partial charge in [-0.2, -0.15) is 0 Å². The summed E-state index contributed by atoms with van der Waals surface area (Å²) in [6.45, 7) is 0. The van der Waals surface area contributed by atoms with Crippen LogP contribution in [0.15, 0.2) is 33.3 Å². The number of ether oxygens (including phenoxy) is 1. The lowest BCUT2D eigenvalue weighted by Gasteiger charge is -2.24. The molecular formula is C16H18N4O9S. The fourth-order valence-electron chi connectivity index (χ4n) is 3.00. The Hall–Kier alpha value is -3.04. The fourth-order valence-corrected chi connectivity index (χ4v) is 3.68. The number of hydrogen-bond donors (Lipinski definition) is 7. The molecule has 6 atom stereocenters. The molecule has 0 saturated carbocycles. The molecule has 0 radical (unpaired) electrons. The molecule has 0 bridgehead atoms. The Balaban J connectivity index is 1.81. The second-order valence-corrected chi connectivity index (χ2v) is 7.40. The Bertz CT molecular complexity index is 1060. The first-order valence-electron chi connectivity index (χ1n) is 8.49. The number of thiophene rings is 1. The molecule has 162 valence electrons. The van der Waals surface area contributed by atoms with Crippen molar-refractivity contribution < 1.29 is 34.8 Å². The van der Waals surface area contributed by atoms with Gasteiger partial charge in [-0.25, -0.2) is 9.59 Å². The molecule has 1 saturated heterocycles. The molecule has 0 aromatic carbocycles. The summed E-state index contributed by atoms with van der Waals surface area (Å²) in [6.07, 6.45) is -5.68. The summed E-state index contributed by atoms with van der Waals surface area (Å²) in [5.41, 5.74) is 4.36. The summed E-state index contributed by atoms with van der Waals surface area (Å²) in [4.78, 5) is 49.2. The summed E-state index contributed by atoms with van der Waals surface area (Å²) in [5, 5.41) is 42.9. The van der Waals surface area contributed by atoms with E-state index in [1.807, 2.05) is 4.98 Å².